The Morgan fingerprint density at radius 1 is 1.60 bits per heavy atom. The lowest BCUT2D eigenvalue weighted by Gasteiger charge is -2.18. The maximum absolute atomic E-state index is 10.8. The molecule has 0 aliphatic carbocycles. The molecule has 0 saturated carbocycles. The van der Waals surface area contributed by atoms with Gasteiger partial charge in [-0.1, -0.05) is 11.8 Å². The Morgan fingerprint density at radius 3 is 2.90 bits per heavy atom. The molecule has 1 amide bonds. The summed E-state index contributed by atoms with van der Waals surface area (Å²) < 4.78 is 4.51. The fourth-order valence-electron chi connectivity index (χ4n) is 0.795. The zero-order chi connectivity index (χ0) is 7.40. The molecule has 0 aromatic rings. The minimum Gasteiger partial charge on any atom is -0.453 e. The summed E-state index contributed by atoms with van der Waals surface area (Å²) in [5.74, 6) is 5.72. The van der Waals surface area contributed by atoms with Crippen LogP contribution in [-0.2, 0) is 4.74 Å². The summed E-state index contributed by atoms with van der Waals surface area (Å²) in [6, 6.07) is 0. The molecule has 3 nitrogen and oxygen atoms in total. The molecule has 1 rings (SSSR count). The Kier molecular flexibility index (Phi) is 2.16. The molecule has 0 N–H and O–H groups in total. The van der Waals surface area contributed by atoms with Crippen molar-refractivity contribution in [1.29, 1.82) is 0 Å². The average Bonchev–Trinajstić information content (AvgIpc) is 2.05. The Labute approximate surface area is 60.0 Å². The van der Waals surface area contributed by atoms with Gasteiger partial charge in [0.05, 0.1) is 13.7 Å². The first-order valence-corrected chi connectivity index (χ1v) is 3.13. The molecular formula is C7H9NO2. The molecule has 54 valence electrons. The zero-order valence-electron chi connectivity index (χ0n) is 5.89. The third-order valence-electron chi connectivity index (χ3n) is 1.33. The smallest absolute Gasteiger partial charge is 0.410 e. The van der Waals surface area contributed by atoms with E-state index in [0.717, 1.165) is 6.42 Å². The highest BCUT2D eigenvalue weighted by Gasteiger charge is 2.12. The number of carbonyl (C=O) groups excluding carboxylic acids is 1. The van der Waals surface area contributed by atoms with Crippen molar-refractivity contribution >= 4 is 6.09 Å². The van der Waals surface area contributed by atoms with Gasteiger partial charge in [0.15, 0.2) is 0 Å². The Bertz CT molecular complexity index is 190. The number of carbonyl (C=O) groups is 1. The second kappa shape index (κ2) is 3.11. The lowest BCUT2D eigenvalue weighted by molar-refractivity contribution is 0.129. The van der Waals surface area contributed by atoms with Crippen LogP contribution in [0.2, 0.25) is 0 Å². The first-order valence-electron chi connectivity index (χ1n) is 3.13. The van der Waals surface area contributed by atoms with Crippen molar-refractivity contribution < 1.29 is 9.53 Å². The van der Waals surface area contributed by atoms with Gasteiger partial charge in [-0.15, -0.1) is 0 Å². The van der Waals surface area contributed by atoms with E-state index in [2.05, 4.69) is 16.6 Å². The maximum Gasteiger partial charge on any atom is 0.410 e. The Hall–Kier alpha value is -1.17. The number of hydrogen-bond acceptors (Lipinski definition) is 2. The highest BCUT2D eigenvalue weighted by Crippen LogP contribution is 1.97. The van der Waals surface area contributed by atoms with Crippen LogP contribution in [0.15, 0.2) is 0 Å². The molecule has 10 heavy (non-hydrogen) atoms. The van der Waals surface area contributed by atoms with Gasteiger partial charge >= 0.3 is 6.09 Å². The first-order chi connectivity index (χ1) is 4.84. The summed E-state index contributed by atoms with van der Waals surface area (Å²) in [6.45, 7) is 1.20. The Morgan fingerprint density at radius 2 is 2.40 bits per heavy atom. The van der Waals surface area contributed by atoms with E-state index >= 15 is 0 Å². The highest BCUT2D eigenvalue weighted by atomic mass is 16.5. The van der Waals surface area contributed by atoms with Crippen LogP contribution in [0.1, 0.15) is 6.42 Å². The average molecular weight is 139 g/mol. The third kappa shape index (κ3) is 1.41. The first kappa shape index (κ1) is 6.94. The van der Waals surface area contributed by atoms with Crippen molar-refractivity contribution in [2.45, 2.75) is 6.42 Å². The SMILES string of the molecule is COC(=O)N1CC#CCC1. The number of ether oxygens (including phenoxy) is 1. The number of rotatable bonds is 0. The van der Waals surface area contributed by atoms with Crippen molar-refractivity contribution in [1.82, 2.24) is 4.90 Å². The second-order valence-electron chi connectivity index (χ2n) is 2.00. The number of amides is 1. The van der Waals surface area contributed by atoms with Gasteiger partial charge in [-0.3, -0.25) is 4.90 Å². The van der Waals surface area contributed by atoms with Gasteiger partial charge in [0.1, 0.15) is 0 Å². The van der Waals surface area contributed by atoms with E-state index in [1.54, 1.807) is 4.90 Å². The molecule has 0 aromatic heterocycles. The summed E-state index contributed by atoms with van der Waals surface area (Å²) >= 11 is 0. The molecule has 0 spiro atoms. The van der Waals surface area contributed by atoms with Crippen LogP contribution in [0.3, 0.4) is 0 Å². The quantitative estimate of drug-likeness (QED) is 0.456. The fourth-order valence-corrected chi connectivity index (χ4v) is 0.795. The predicted molar refractivity (Wildman–Crippen MR) is 36.4 cm³/mol. The molecule has 0 radical (unpaired) electrons. The van der Waals surface area contributed by atoms with Crippen molar-refractivity contribution in [3.05, 3.63) is 0 Å². The van der Waals surface area contributed by atoms with E-state index in [1.807, 2.05) is 0 Å². The summed E-state index contributed by atoms with van der Waals surface area (Å²) in [4.78, 5) is 12.4. The van der Waals surface area contributed by atoms with Crippen LogP contribution in [0, 0.1) is 11.8 Å². The molecule has 0 unspecified atom stereocenters. The summed E-state index contributed by atoms with van der Waals surface area (Å²) in [5.41, 5.74) is 0. The molecule has 1 aliphatic rings. The molecule has 0 bridgehead atoms. The zero-order valence-corrected chi connectivity index (χ0v) is 5.89. The van der Waals surface area contributed by atoms with Gasteiger partial charge in [0, 0.05) is 13.0 Å². The monoisotopic (exact) mass is 139 g/mol. The minimum absolute atomic E-state index is 0.283. The van der Waals surface area contributed by atoms with Gasteiger partial charge < -0.3 is 4.74 Å². The summed E-state index contributed by atoms with van der Waals surface area (Å²) in [5, 5.41) is 0. The molecule has 0 atom stereocenters. The molecule has 0 saturated heterocycles. The van der Waals surface area contributed by atoms with E-state index in [-0.39, 0.29) is 6.09 Å². The predicted octanol–water partition coefficient (Wildman–Crippen LogP) is 0.462. The summed E-state index contributed by atoms with van der Waals surface area (Å²) in [7, 11) is 1.38. The van der Waals surface area contributed by atoms with Crippen LogP contribution >= 0.6 is 0 Å². The molecule has 3 heteroatoms. The molecule has 1 aliphatic heterocycles. The summed E-state index contributed by atoms with van der Waals surface area (Å²) in [6.07, 6.45) is 0.476. The van der Waals surface area contributed by atoms with Crippen molar-refractivity contribution in [2.24, 2.45) is 0 Å². The lowest BCUT2D eigenvalue weighted by atomic mass is 10.3. The van der Waals surface area contributed by atoms with Crippen molar-refractivity contribution in [3.8, 4) is 11.8 Å². The van der Waals surface area contributed by atoms with Crippen LogP contribution in [0.5, 0.6) is 0 Å². The standard InChI is InChI=1S/C7H9NO2/c1-10-7(9)8-5-3-2-4-6-8/h3,5-6H2,1H3. The molecular weight excluding hydrogens is 130 g/mol. The minimum atomic E-state index is -0.283. The highest BCUT2D eigenvalue weighted by molar-refractivity contribution is 5.68. The van der Waals surface area contributed by atoms with E-state index in [1.165, 1.54) is 7.11 Å². The van der Waals surface area contributed by atoms with Gasteiger partial charge in [-0.25, -0.2) is 4.79 Å². The number of methoxy groups -OCH3 is 1. The molecule has 0 fully saturated rings. The maximum atomic E-state index is 10.8. The lowest BCUT2D eigenvalue weighted by Crippen LogP contribution is -2.33. The van der Waals surface area contributed by atoms with Crippen molar-refractivity contribution in [2.75, 3.05) is 20.2 Å². The largest absolute Gasteiger partial charge is 0.453 e. The van der Waals surface area contributed by atoms with Crippen LogP contribution < -0.4 is 0 Å². The molecule has 0 aromatic carbocycles. The van der Waals surface area contributed by atoms with Crippen LogP contribution in [0.4, 0.5) is 4.79 Å². The van der Waals surface area contributed by atoms with Gasteiger partial charge in [-0.05, 0) is 0 Å². The van der Waals surface area contributed by atoms with E-state index in [0.29, 0.717) is 13.1 Å². The van der Waals surface area contributed by atoms with Crippen molar-refractivity contribution in [3.63, 3.8) is 0 Å². The van der Waals surface area contributed by atoms with E-state index in [9.17, 15) is 4.79 Å². The van der Waals surface area contributed by atoms with Gasteiger partial charge in [0.2, 0.25) is 0 Å². The normalized spacial score (nSPS) is 15.5. The van der Waals surface area contributed by atoms with Gasteiger partial charge in [0.25, 0.3) is 0 Å². The number of nitrogens with zero attached hydrogens (tertiary/aromatic N) is 1. The topological polar surface area (TPSA) is 29.5 Å². The van der Waals surface area contributed by atoms with E-state index < -0.39 is 0 Å². The number of hydrogen-bond donors (Lipinski definition) is 0. The third-order valence-corrected chi connectivity index (χ3v) is 1.33. The fraction of sp³-hybridized carbons (Fsp3) is 0.571. The second-order valence-corrected chi connectivity index (χ2v) is 2.00. The van der Waals surface area contributed by atoms with E-state index in [4.69, 9.17) is 0 Å². The molecule has 1 heterocycles. The Balaban J connectivity index is 2.45. The van der Waals surface area contributed by atoms with Crippen LogP contribution in [0.25, 0.3) is 0 Å². The van der Waals surface area contributed by atoms with Gasteiger partial charge in [-0.2, -0.15) is 0 Å². The van der Waals surface area contributed by atoms with Crippen LogP contribution in [-0.4, -0.2) is 31.2 Å².